The number of ether oxygens (including phenoxy) is 1. The topological polar surface area (TPSA) is 39.9 Å². The molecular formula is C19H23N3O. The van der Waals surface area contributed by atoms with Gasteiger partial charge in [-0.1, -0.05) is 50.1 Å². The monoisotopic (exact) mass is 309 g/mol. The van der Waals surface area contributed by atoms with E-state index in [0.29, 0.717) is 0 Å². The molecule has 4 heteroatoms. The Morgan fingerprint density at radius 1 is 1.04 bits per heavy atom. The molecule has 3 aromatic rings. The number of rotatable bonds is 3. The van der Waals surface area contributed by atoms with Gasteiger partial charge in [0, 0.05) is 5.56 Å². The first-order valence-electron chi connectivity index (χ1n) is 7.81. The Morgan fingerprint density at radius 3 is 2.39 bits per heavy atom. The number of nitrogens with zero attached hydrogens (tertiary/aromatic N) is 3. The highest BCUT2D eigenvalue weighted by atomic mass is 16.5. The fourth-order valence-corrected chi connectivity index (χ4v) is 2.08. The molecule has 3 rings (SSSR count). The summed E-state index contributed by atoms with van der Waals surface area (Å²) < 4.78 is 7.08. The quantitative estimate of drug-likeness (QED) is 0.706. The highest BCUT2D eigenvalue weighted by molar-refractivity contribution is 5.59. The summed E-state index contributed by atoms with van der Waals surface area (Å²) in [6.07, 6.45) is 2.81. The molecule has 0 fully saturated rings. The van der Waals surface area contributed by atoms with Crippen LogP contribution in [-0.4, -0.2) is 21.9 Å². The predicted octanol–water partition coefficient (Wildman–Crippen LogP) is 4.67. The van der Waals surface area contributed by atoms with Crippen molar-refractivity contribution in [1.29, 1.82) is 0 Å². The lowest BCUT2D eigenvalue weighted by molar-refractivity contribution is 0.415. The third-order valence-electron chi connectivity index (χ3n) is 3.15. The fraction of sp³-hybridized carbons (Fsp3) is 0.263. The zero-order valence-electron chi connectivity index (χ0n) is 14.2. The molecule has 0 aliphatic carbocycles. The Bertz CT molecular complexity index is 732. The van der Waals surface area contributed by atoms with Crippen LogP contribution in [-0.2, 0) is 0 Å². The first-order valence-corrected chi connectivity index (χ1v) is 7.81. The van der Waals surface area contributed by atoms with E-state index in [1.165, 1.54) is 12.0 Å². The second kappa shape index (κ2) is 8.13. The smallest absolute Gasteiger partial charge is 0.163 e. The lowest BCUT2D eigenvalue weighted by Crippen LogP contribution is -1.99. The van der Waals surface area contributed by atoms with Crippen molar-refractivity contribution < 1.29 is 4.74 Å². The molecule has 1 heterocycles. The van der Waals surface area contributed by atoms with Crippen LogP contribution in [0.1, 0.15) is 25.8 Å². The van der Waals surface area contributed by atoms with Crippen molar-refractivity contribution in [3.05, 3.63) is 60.4 Å². The first-order chi connectivity index (χ1) is 11.2. The summed E-state index contributed by atoms with van der Waals surface area (Å²) in [6, 6.07) is 16.0. The van der Waals surface area contributed by atoms with Crippen LogP contribution in [0.2, 0.25) is 0 Å². The molecule has 0 aliphatic rings. The predicted molar refractivity (Wildman–Crippen MR) is 94.0 cm³/mol. The number of methoxy groups -OCH3 is 1. The lowest BCUT2D eigenvalue weighted by Gasteiger charge is -2.07. The van der Waals surface area contributed by atoms with E-state index >= 15 is 0 Å². The van der Waals surface area contributed by atoms with Gasteiger partial charge in [-0.3, -0.25) is 0 Å². The second-order valence-corrected chi connectivity index (χ2v) is 5.27. The van der Waals surface area contributed by atoms with Gasteiger partial charge in [0.1, 0.15) is 12.1 Å². The summed E-state index contributed by atoms with van der Waals surface area (Å²) in [5.74, 6) is 1.61. The molecule has 0 spiro atoms. The fourth-order valence-electron chi connectivity index (χ4n) is 2.08. The van der Waals surface area contributed by atoms with Gasteiger partial charge in [-0.05, 0) is 31.2 Å². The van der Waals surface area contributed by atoms with Crippen molar-refractivity contribution in [2.75, 3.05) is 7.11 Å². The van der Waals surface area contributed by atoms with Crippen molar-refractivity contribution >= 4 is 0 Å². The molecule has 0 N–H and O–H groups in total. The molecule has 1 aromatic heterocycles. The van der Waals surface area contributed by atoms with Gasteiger partial charge in [0.2, 0.25) is 0 Å². The molecule has 120 valence electrons. The van der Waals surface area contributed by atoms with Crippen molar-refractivity contribution in [1.82, 2.24) is 14.8 Å². The molecule has 2 aromatic carbocycles. The third-order valence-corrected chi connectivity index (χ3v) is 3.15. The highest BCUT2D eigenvalue weighted by Crippen LogP contribution is 2.23. The second-order valence-electron chi connectivity index (χ2n) is 5.27. The van der Waals surface area contributed by atoms with E-state index in [1.807, 2.05) is 41.1 Å². The third kappa shape index (κ3) is 4.19. The summed E-state index contributed by atoms with van der Waals surface area (Å²) in [6.45, 7) is 6.31. The van der Waals surface area contributed by atoms with Gasteiger partial charge in [0.15, 0.2) is 5.82 Å². The molecule has 4 nitrogen and oxygen atoms in total. The van der Waals surface area contributed by atoms with Gasteiger partial charge >= 0.3 is 0 Å². The minimum atomic E-state index is 0.799. The summed E-state index contributed by atoms with van der Waals surface area (Å²) in [5, 5.41) is 4.31. The SMILES string of the molecule is CCC.COc1cccc(-c2ncnn2-c2ccc(C)cc2)c1. The molecule has 0 atom stereocenters. The minimum absolute atomic E-state index is 0.799. The lowest BCUT2D eigenvalue weighted by atomic mass is 10.2. The van der Waals surface area contributed by atoms with Crippen LogP contribution >= 0.6 is 0 Å². The average Bonchev–Trinajstić information content (AvgIpc) is 3.06. The maximum absolute atomic E-state index is 5.26. The van der Waals surface area contributed by atoms with Crippen LogP contribution in [0, 0.1) is 6.92 Å². The molecule has 0 aliphatic heterocycles. The standard InChI is InChI=1S/C16H15N3O.C3H8/c1-12-6-8-14(9-7-12)19-16(17-11-18-19)13-4-3-5-15(10-13)20-2;1-3-2/h3-11H,1-2H3;3H2,1-2H3. The van der Waals surface area contributed by atoms with Gasteiger partial charge in [0.05, 0.1) is 12.8 Å². The van der Waals surface area contributed by atoms with E-state index in [-0.39, 0.29) is 0 Å². The molecular weight excluding hydrogens is 286 g/mol. The van der Waals surface area contributed by atoms with E-state index in [9.17, 15) is 0 Å². The van der Waals surface area contributed by atoms with Crippen LogP contribution in [0.5, 0.6) is 5.75 Å². The first kappa shape index (κ1) is 16.7. The zero-order chi connectivity index (χ0) is 16.7. The number of aryl methyl sites for hydroxylation is 1. The number of benzene rings is 2. The van der Waals surface area contributed by atoms with Crippen LogP contribution in [0.4, 0.5) is 0 Å². The summed E-state index contributed by atoms with van der Waals surface area (Å²) >= 11 is 0. The van der Waals surface area contributed by atoms with Crippen molar-refractivity contribution in [2.45, 2.75) is 27.2 Å². The van der Waals surface area contributed by atoms with Gasteiger partial charge in [-0.2, -0.15) is 5.10 Å². The average molecular weight is 309 g/mol. The van der Waals surface area contributed by atoms with Crippen molar-refractivity contribution in [2.24, 2.45) is 0 Å². The highest BCUT2D eigenvalue weighted by Gasteiger charge is 2.09. The normalized spacial score (nSPS) is 9.91. The molecule has 0 unspecified atom stereocenters. The van der Waals surface area contributed by atoms with E-state index < -0.39 is 0 Å². The van der Waals surface area contributed by atoms with Gasteiger partial charge in [-0.15, -0.1) is 0 Å². The molecule has 0 bridgehead atoms. The summed E-state index contributed by atoms with van der Waals surface area (Å²) in [7, 11) is 1.66. The Labute approximate surface area is 137 Å². The number of hydrogen-bond donors (Lipinski definition) is 0. The summed E-state index contributed by atoms with van der Waals surface area (Å²) in [4.78, 5) is 4.36. The zero-order valence-corrected chi connectivity index (χ0v) is 14.2. The van der Waals surface area contributed by atoms with Gasteiger partial charge in [-0.25, -0.2) is 9.67 Å². The molecule has 0 saturated heterocycles. The van der Waals surface area contributed by atoms with Gasteiger partial charge in [0.25, 0.3) is 0 Å². The molecule has 0 radical (unpaired) electrons. The Kier molecular flexibility index (Phi) is 5.92. The molecule has 23 heavy (non-hydrogen) atoms. The van der Waals surface area contributed by atoms with Crippen molar-refractivity contribution in [3.63, 3.8) is 0 Å². The van der Waals surface area contributed by atoms with E-state index in [1.54, 1.807) is 13.4 Å². The van der Waals surface area contributed by atoms with Gasteiger partial charge < -0.3 is 4.74 Å². The van der Waals surface area contributed by atoms with Crippen LogP contribution in [0.25, 0.3) is 17.1 Å². The van der Waals surface area contributed by atoms with Crippen molar-refractivity contribution in [3.8, 4) is 22.8 Å². The van der Waals surface area contributed by atoms with Crippen LogP contribution in [0.15, 0.2) is 54.9 Å². The summed E-state index contributed by atoms with van der Waals surface area (Å²) in [5.41, 5.74) is 3.19. The number of aromatic nitrogens is 3. The van der Waals surface area contributed by atoms with Crippen LogP contribution < -0.4 is 4.74 Å². The molecule has 0 amide bonds. The number of hydrogen-bond acceptors (Lipinski definition) is 3. The maximum atomic E-state index is 5.26. The Balaban J connectivity index is 0.000000595. The Morgan fingerprint density at radius 2 is 1.74 bits per heavy atom. The van der Waals surface area contributed by atoms with E-state index in [4.69, 9.17) is 4.74 Å². The van der Waals surface area contributed by atoms with Crippen LogP contribution in [0.3, 0.4) is 0 Å². The van der Waals surface area contributed by atoms with E-state index in [2.05, 4.69) is 43.0 Å². The largest absolute Gasteiger partial charge is 0.497 e. The van der Waals surface area contributed by atoms with E-state index in [0.717, 1.165) is 22.8 Å². The minimum Gasteiger partial charge on any atom is -0.497 e. The molecule has 0 saturated carbocycles. The maximum Gasteiger partial charge on any atom is 0.163 e. The Hall–Kier alpha value is -2.62.